The number of fused-ring (bicyclic) bond motifs is 9. The van der Waals surface area contributed by atoms with Crippen molar-refractivity contribution in [1.82, 2.24) is 29.7 Å². The van der Waals surface area contributed by atoms with Crippen LogP contribution in [0.4, 0.5) is 13.2 Å². The van der Waals surface area contributed by atoms with Gasteiger partial charge in [0.2, 0.25) is 0 Å². The van der Waals surface area contributed by atoms with Gasteiger partial charge in [-0.2, -0.15) is 0 Å². The lowest BCUT2D eigenvalue weighted by atomic mass is 10.0. The third-order valence-electron chi connectivity index (χ3n) is 13.2. The van der Waals surface area contributed by atoms with Crippen LogP contribution in [0.5, 0.6) is 0 Å². The van der Waals surface area contributed by atoms with Crippen LogP contribution in [0.15, 0.2) is 103 Å². The Hall–Kier alpha value is -6.70. The molecule has 9 nitrogen and oxygen atoms in total. The number of aromatic nitrogens is 3. The van der Waals surface area contributed by atoms with Crippen LogP contribution in [0.3, 0.4) is 0 Å². The quantitative estimate of drug-likeness (QED) is 0.164. The van der Waals surface area contributed by atoms with E-state index in [2.05, 4.69) is 20.5 Å². The van der Waals surface area contributed by atoms with E-state index in [-0.39, 0.29) is 23.5 Å². The molecule has 0 atom stereocenters. The van der Waals surface area contributed by atoms with Gasteiger partial charge in [0.15, 0.2) is 11.6 Å². The molecule has 3 aliphatic rings. The number of amides is 3. The van der Waals surface area contributed by atoms with Gasteiger partial charge in [0.25, 0.3) is 17.7 Å². The first kappa shape index (κ1) is 47.0. The Morgan fingerprint density at radius 3 is 1.13 bits per heavy atom. The van der Waals surface area contributed by atoms with E-state index in [0.29, 0.717) is 75.3 Å². The Bertz CT molecular complexity index is 3500. The second-order valence-corrected chi connectivity index (χ2v) is 19.1. The summed E-state index contributed by atoms with van der Waals surface area (Å²) >= 11 is 24.9. The predicted octanol–water partition coefficient (Wildman–Crippen LogP) is 13.1. The highest BCUT2D eigenvalue weighted by Crippen LogP contribution is 2.41. The zero-order chi connectivity index (χ0) is 49.3. The van der Waals surface area contributed by atoms with Crippen LogP contribution < -0.4 is 16.0 Å². The molecule has 6 aromatic carbocycles. The Morgan fingerprint density at radius 2 is 0.757 bits per heavy atom. The molecule has 0 bridgehead atoms. The Labute approximate surface area is 419 Å². The second-order valence-electron chi connectivity index (χ2n) is 17.3. The monoisotopic (exact) mass is 1020 g/mol. The van der Waals surface area contributed by atoms with E-state index in [4.69, 9.17) is 46.4 Å². The van der Waals surface area contributed by atoms with Gasteiger partial charge >= 0.3 is 0 Å². The van der Waals surface area contributed by atoms with Crippen LogP contribution in [-0.4, -0.2) is 51.1 Å². The molecule has 0 saturated heterocycles. The van der Waals surface area contributed by atoms with Crippen LogP contribution in [-0.2, 0) is 19.6 Å². The molecule has 0 radical (unpaired) electrons. The average Bonchev–Trinajstić information content (AvgIpc) is 3.91. The van der Waals surface area contributed by atoms with Crippen molar-refractivity contribution < 1.29 is 27.6 Å². The minimum Gasteiger partial charge on any atom is -0.349 e. The molecule has 3 N–H and O–H groups in total. The van der Waals surface area contributed by atoms with Gasteiger partial charge in [-0.3, -0.25) is 14.4 Å². The SMILES string of the molecule is Cc1c2n(c3c(-c4ccc(Cl)cc4)cc(Cl)cc13)CCNC2=O.Cc1c2n(c3c(-c4ccc(F)c(F)c4)cc(Cl)cc13)CCNC2=O.Cc1c2n(c3c(-c4ccc(F)cc4)cc(Cl)cc13)CCNC2=O. The Morgan fingerprint density at radius 1 is 0.414 bits per heavy atom. The smallest absolute Gasteiger partial charge is 0.268 e. The number of benzene rings is 6. The zero-order valence-corrected chi connectivity index (χ0v) is 40.8. The van der Waals surface area contributed by atoms with Crippen molar-refractivity contribution in [3.05, 3.63) is 174 Å². The molecule has 3 amide bonds. The van der Waals surface area contributed by atoms with E-state index < -0.39 is 11.6 Å². The van der Waals surface area contributed by atoms with Gasteiger partial charge < -0.3 is 29.7 Å². The highest BCUT2D eigenvalue weighted by atomic mass is 35.5. The number of nitrogens with zero attached hydrogens (tertiary/aromatic N) is 3. The number of hydrogen-bond acceptors (Lipinski definition) is 3. The summed E-state index contributed by atoms with van der Waals surface area (Å²) in [7, 11) is 0. The van der Waals surface area contributed by atoms with Gasteiger partial charge in [0.1, 0.15) is 22.9 Å². The van der Waals surface area contributed by atoms with E-state index in [1.165, 1.54) is 18.2 Å². The molecule has 0 aliphatic carbocycles. The standard InChI is InChI=1S/C18H14Cl2N2O.C18H13ClF2N2O.C18H14ClFN2O/c1-10-14-8-13(20)9-15(11-2-4-12(19)5-3-11)17(14)22-7-6-21-18(23)16(10)22;1-9-12-7-11(19)8-13(10-2-3-14(20)15(21)6-10)17(12)23-5-4-22-18(24)16(9)23;1-10-14-8-12(19)9-15(11-2-4-13(20)5-3-11)17(14)22-7-6-21-18(23)16(10)22/h2-5,8-9H,6-7H2,1H3,(H,21,23);2-3,6-8H,4-5H2,1H3,(H,22,24);2-5,8-9H,6-7H2,1H3,(H,21,23). The van der Waals surface area contributed by atoms with Crippen LogP contribution >= 0.6 is 46.4 Å². The van der Waals surface area contributed by atoms with E-state index in [1.807, 2.05) is 78.4 Å². The lowest BCUT2D eigenvalue weighted by molar-refractivity contribution is 0.0920. The third-order valence-corrected chi connectivity index (χ3v) is 14.1. The maximum atomic E-state index is 13.7. The molecule has 70 heavy (non-hydrogen) atoms. The van der Waals surface area contributed by atoms with Gasteiger partial charge in [0, 0.05) is 92.2 Å². The van der Waals surface area contributed by atoms with Crippen molar-refractivity contribution in [3.8, 4) is 33.4 Å². The lowest BCUT2D eigenvalue weighted by Gasteiger charge is -2.18. The number of nitrogens with one attached hydrogen (secondary N) is 3. The van der Waals surface area contributed by atoms with Crippen molar-refractivity contribution in [3.63, 3.8) is 0 Å². The molecule has 0 unspecified atom stereocenters. The first-order valence-corrected chi connectivity index (χ1v) is 23.9. The van der Waals surface area contributed by atoms with E-state index >= 15 is 0 Å². The predicted molar refractivity (Wildman–Crippen MR) is 273 cm³/mol. The number of halogens is 7. The number of hydrogen-bond donors (Lipinski definition) is 3. The first-order chi connectivity index (χ1) is 33.6. The molecule has 6 heterocycles. The summed E-state index contributed by atoms with van der Waals surface area (Å²) in [5, 5.41) is 13.9. The van der Waals surface area contributed by atoms with Crippen molar-refractivity contribution >= 4 is 96.8 Å². The number of aryl methyl sites for hydroxylation is 3. The fraction of sp³-hybridized carbons (Fsp3) is 0.167. The normalized spacial score (nSPS) is 13.9. The summed E-state index contributed by atoms with van der Waals surface area (Å²) in [5.41, 5.74) is 12.6. The average molecular weight is 1020 g/mol. The van der Waals surface area contributed by atoms with Gasteiger partial charge in [-0.25, -0.2) is 13.2 Å². The van der Waals surface area contributed by atoms with Gasteiger partial charge in [-0.15, -0.1) is 0 Å². The Balaban J connectivity index is 0.000000122. The van der Waals surface area contributed by atoms with Crippen molar-refractivity contribution in [2.75, 3.05) is 19.6 Å². The van der Waals surface area contributed by atoms with Crippen molar-refractivity contribution in [2.24, 2.45) is 0 Å². The minimum atomic E-state index is -0.916. The summed E-state index contributed by atoms with van der Waals surface area (Å²) in [4.78, 5) is 36.7. The highest BCUT2D eigenvalue weighted by molar-refractivity contribution is 6.33. The molecule has 0 fully saturated rings. The fourth-order valence-electron chi connectivity index (χ4n) is 10.1. The van der Waals surface area contributed by atoms with E-state index in [1.54, 1.807) is 24.3 Å². The maximum absolute atomic E-state index is 13.7. The lowest BCUT2D eigenvalue weighted by Crippen LogP contribution is -2.35. The van der Waals surface area contributed by atoms with Gasteiger partial charge in [-0.1, -0.05) is 76.7 Å². The van der Waals surface area contributed by atoms with Gasteiger partial charge in [0.05, 0.1) is 16.6 Å². The summed E-state index contributed by atoms with van der Waals surface area (Å²) < 4.78 is 46.3. The minimum absolute atomic E-state index is 0.0249. The van der Waals surface area contributed by atoms with Crippen molar-refractivity contribution in [1.29, 1.82) is 0 Å². The molecule has 12 rings (SSSR count). The molecule has 9 aromatic rings. The third kappa shape index (κ3) is 8.26. The number of carbonyl (C=O) groups excluding carboxylic acids is 3. The summed E-state index contributed by atoms with van der Waals surface area (Å²) in [5.74, 6) is -2.32. The topological polar surface area (TPSA) is 102 Å². The molecule has 0 spiro atoms. The molecular formula is C54H41Cl4F3N6O3. The number of rotatable bonds is 3. The Kier molecular flexibility index (Phi) is 12.5. The first-order valence-electron chi connectivity index (χ1n) is 22.4. The summed E-state index contributed by atoms with van der Waals surface area (Å²) in [6.45, 7) is 9.61. The van der Waals surface area contributed by atoms with Crippen LogP contribution in [0.1, 0.15) is 48.2 Å². The molecule has 16 heteroatoms. The van der Waals surface area contributed by atoms with Crippen molar-refractivity contribution in [2.45, 2.75) is 40.4 Å². The molecule has 354 valence electrons. The van der Waals surface area contributed by atoms with Gasteiger partial charge in [-0.05, 0) is 127 Å². The zero-order valence-electron chi connectivity index (χ0n) is 37.8. The fourth-order valence-corrected chi connectivity index (χ4v) is 10.9. The second kappa shape index (κ2) is 18.6. The van der Waals surface area contributed by atoms with Crippen LogP contribution in [0.25, 0.3) is 66.1 Å². The number of carbonyl (C=O) groups is 3. The summed E-state index contributed by atoms with van der Waals surface area (Å²) in [6, 6.07) is 28.9. The largest absolute Gasteiger partial charge is 0.349 e. The van der Waals surface area contributed by atoms with Crippen LogP contribution in [0, 0.1) is 38.2 Å². The molecule has 0 saturated carbocycles. The summed E-state index contributed by atoms with van der Waals surface area (Å²) in [6.07, 6.45) is 0. The van der Waals surface area contributed by atoms with E-state index in [9.17, 15) is 27.6 Å². The molecule has 3 aromatic heterocycles. The van der Waals surface area contributed by atoms with Crippen LogP contribution in [0.2, 0.25) is 20.1 Å². The maximum Gasteiger partial charge on any atom is 0.268 e. The molecular weight excluding hydrogens is 979 g/mol. The van der Waals surface area contributed by atoms with E-state index in [0.717, 1.165) is 96.0 Å². The molecule has 3 aliphatic heterocycles. The highest BCUT2D eigenvalue weighted by Gasteiger charge is 2.29.